The number of ether oxygens (including phenoxy) is 2. The number of carbonyl (C=O) groups excluding carboxylic acids is 2. The van der Waals surface area contributed by atoms with Crippen LogP contribution in [0.2, 0.25) is 0 Å². The monoisotopic (exact) mass is 473 g/mol. The number of benzene rings is 2. The van der Waals surface area contributed by atoms with Crippen LogP contribution in [0.25, 0.3) is 0 Å². The van der Waals surface area contributed by atoms with Crippen LogP contribution in [-0.4, -0.2) is 58.4 Å². The highest BCUT2D eigenvalue weighted by molar-refractivity contribution is 7.92. The summed E-state index contributed by atoms with van der Waals surface area (Å²) in [6, 6.07) is 13.4. The fraction of sp³-hybridized carbons (Fsp3) is 0.391. The highest BCUT2D eigenvalue weighted by Gasteiger charge is 2.31. The molecule has 0 radical (unpaired) electrons. The molecule has 1 fully saturated rings. The number of anilines is 2. The van der Waals surface area contributed by atoms with E-state index < -0.39 is 22.0 Å². The van der Waals surface area contributed by atoms with Gasteiger partial charge in [0.2, 0.25) is 10.0 Å². The maximum Gasteiger partial charge on any atom is 0.265 e. The predicted molar refractivity (Wildman–Crippen MR) is 124 cm³/mol. The van der Waals surface area contributed by atoms with Crippen LogP contribution in [-0.2, 0) is 19.6 Å². The van der Waals surface area contributed by atoms with Crippen LogP contribution >= 0.6 is 0 Å². The second kappa shape index (κ2) is 9.80. The smallest absolute Gasteiger partial charge is 0.265 e. The Balaban J connectivity index is 1.48. The Morgan fingerprint density at radius 3 is 2.61 bits per heavy atom. The van der Waals surface area contributed by atoms with Gasteiger partial charge in [-0.3, -0.25) is 13.9 Å². The SMILES string of the molecule is CS(=O)(=O)N1CC[C@H](C(=O)Nc2ccccc2C(=O)NC[C@H]2CCCO2)Oc2ccccc21. The molecule has 0 unspecified atom stereocenters. The summed E-state index contributed by atoms with van der Waals surface area (Å²) in [5, 5.41) is 5.64. The minimum Gasteiger partial charge on any atom is -0.478 e. The largest absolute Gasteiger partial charge is 0.478 e. The van der Waals surface area contributed by atoms with Gasteiger partial charge in [0.05, 0.1) is 29.3 Å². The molecule has 1 saturated heterocycles. The van der Waals surface area contributed by atoms with Gasteiger partial charge in [0.25, 0.3) is 11.8 Å². The number of fused-ring (bicyclic) bond motifs is 1. The van der Waals surface area contributed by atoms with Gasteiger partial charge in [0.15, 0.2) is 6.10 Å². The van der Waals surface area contributed by atoms with E-state index in [1.54, 1.807) is 48.5 Å². The van der Waals surface area contributed by atoms with Crippen LogP contribution in [0, 0.1) is 0 Å². The Morgan fingerprint density at radius 1 is 1.09 bits per heavy atom. The number of nitrogens with zero attached hydrogens (tertiary/aromatic N) is 1. The first-order chi connectivity index (χ1) is 15.8. The molecule has 2 aromatic rings. The maximum absolute atomic E-state index is 13.1. The zero-order valence-electron chi connectivity index (χ0n) is 18.3. The number of amides is 2. The minimum absolute atomic E-state index is 0.00736. The molecule has 9 nitrogen and oxygen atoms in total. The number of sulfonamides is 1. The average molecular weight is 474 g/mol. The van der Waals surface area contributed by atoms with Crippen LogP contribution in [0.3, 0.4) is 0 Å². The van der Waals surface area contributed by atoms with E-state index in [1.165, 1.54) is 4.31 Å². The predicted octanol–water partition coefficient (Wildman–Crippen LogP) is 2.15. The molecule has 0 aliphatic carbocycles. The first-order valence-electron chi connectivity index (χ1n) is 10.9. The lowest BCUT2D eigenvalue weighted by molar-refractivity contribution is -0.122. The summed E-state index contributed by atoms with van der Waals surface area (Å²) in [6.07, 6.45) is 2.24. The fourth-order valence-electron chi connectivity index (χ4n) is 3.97. The van der Waals surface area contributed by atoms with Gasteiger partial charge in [0, 0.05) is 26.1 Å². The first-order valence-corrected chi connectivity index (χ1v) is 12.7. The van der Waals surface area contributed by atoms with Crippen molar-refractivity contribution in [2.45, 2.75) is 31.5 Å². The minimum atomic E-state index is -3.54. The normalized spacial score (nSPS) is 20.3. The number of carbonyl (C=O) groups is 2. The van der Waals surface area contributed by atoms with E-state index in [4.69, 9.17) is 9.47 Å². The van der Waals surface area contributed by atoms with Crippen LogP contribution in [0.4, 0.5) is 11.4 Å². The third kappa shape index (κ3) is 5.45. The molecular formula is C23H27N3O6S. The molecule has 2 aromatic carbocycles. The molecule has 2 amide bonds. The highest BCUT2D eigenvalue weighted by Crippen LogP contribution is 2.34. The van der Waals surface area contributed by atoms with Crippen LogP contribution < -0.4 is 19.7 Å². The number of para-hydroxylation sites is 3. The van der Waals surface area contributed by atoms with Crippen molar-refractivity contribution in [2.24, 2.45) is 0 Å². The fourth-order valence-corrected chi connectivity index (χ4v) is 4.91. The summed E-state index contributed by atoms with van der Waals surface area (Å²) in [7, 11) is -3.54. The Morgan fingerprint density at radius 2 is 1.85 bits per heavy atom. The van der Waals surface area contributed by atoms with Gasteiger partial charge >= 0.3 is 0 Å². The Bertz CT molecular complexity index is 1130. The van der Waals surface area contributed by atoms with E-state index in [1.807, 2.05) is 0 Å². The van der Waals surface area contributed by atoms with E-state index in [0.29, 0.717) is 35.8 Å². The summed E-state index contributed by atoms with van der Waals surface area (Å²) in [6.45, 7) is 1.21. The zero-order valence-corrected chi connectivity index (χ0v) is 19.1. The second-order valence-corrected chi connectivity index (χ2v) is 9.98. The van der Waals surface area contributed by atoms with Crippen molar-refractivity contribution in [1.29, 1.82) is 0 Å². The molecule has 0 bridgehead atoms. The summed E-state index contributed by atoms with van der Waals surface area (Å²) in [5.41, 5.74) is 1.08. The van der Waals surface area contributed by atoms with Crippen molar-refractivity contribution in [3.8, 4) is 5.75 Å². The van der Waals surface area contributed by atoms with Crippen LogP contribution in [0.15, 0.2) is 48.5 Å². The summed E-state index contributed by atoms with van der Waals surface area (Å²) in [4.78, 5) is 25.8. The highest BCUT2D eigenvalue weighted by atomic mass is 32.2. The van der Waals surface area contributed by atoms with Gasteiger partial charge in [-0.05, 0) is 37.1 Å². The molecule has 0 aromatic heterocycles. The molecule has 33 heavy (non-hydrogen) atoms. The number of nitrogens with one attached hydrogen (secondary N) is 2. The van der Waals surface area contributed by atoms with E-state index >= 15 is 0 Å². The molecule has 2 N–H and O–H groups in total. The Kier molecular flexibility index (Phi) is 6.85. The summed E-state index contributed by atoms with van der Waals surface area (Å²) < 4.78 is 37.2. The lowest BCUT2D eigenvalue weighted by Gasteiger charge is -2.20. The average Bonchev–Trinajstić information content (AvgIpc) is 3.22. The van der Waals surface area contributed by atoms with E-state index in [9.17, 15) is 18.0 Å². The third-order valence-corrected chi connectivity index (χ3v) is 6.81. The van der Waals surface area contributed by atoms with Crippen molar-refractivity contribution in [3.05, 3.63) is 54.1 Å². The standard InChI is InChI=1S/C23H27N3O6S/c1-33(29,30)26-13-12-21(32-20-11-5-4-10-19(20)26)23(28)25-18-9-3-2-8-17(18)22(27)24-15-16-7-6-14-31-16/h2-5,8-11,16,21H,6-7,12-15H2,1H3,(H,24,27)(H,25,28)/t16-,21-/m1/s1. The van der Waals surface area contributed by atoms with E-state index in [2.05, 4.69) is 10.6 Å². The van der Waals surface area contributed by atoms with Crippen molar-refractivity contribution in [3.63, 3.8) is 0 Å². The topological polar surface area (TPSA) is 114 Å². The molecule has 176 valence electrons. The maximum atomic E-state index is 13.1. The van der Waals surface area contributed by atoms with Gasteiger partial charge in [-0.2, -0.15) is 0 Å². The molecule has 2 atom stereocenters. The molecule has 4 rings (SSSR count). The number of rotatable bonds is 6. The molecule has 2 aliphatic rings. The third-order valence-electron chi connectivity index (χ3n) is 5.63. The number of hydrogen-bond donors (Lipinski definition) is 2. The first kappa shape index (κ1) is 23.1. The van der Waals surface area contributed by atoms with Gasteiger partial charge in [0.1, 0.15) is 5.75 Å². The zero-order chi connectivity index (χ0) is 23.4. The van der Waals surface area contributed by atoms with Crippen molar-refractivity contribution < 1.29 is 27.5 Å². The molecule has 2 heterocycles. The lowest BCUT2D eigenvalue weighted by Crippen LogP contribution is -2.37. The molecule has 10 heteroatoms. The summed E-state index contributed by atoms with van der Waals surface area (Å²) >= 11 is 0. The molecule has 0 saturated carbocycles. The van der Waals surface area contributed by atoms with Gasteiger partial charge in [-0.1, -0.05) is 24.3 Å². The van der Waals surface area contributed by atoms with Crippen molar-refractivity contribution >= 4 is 33.2 Å². The number of hydrogen-bond acceptors (Lipinski definition) is 6. The quantitative estimate of drug-likeness (QED) is 0.665. The Hall–Kier alpha value is -3.11. The second-order valence-electron chi connectivity index (χ2n) is 8.08. The van der Waals surface area contributed by atoms with Crippen LogP contribution in [0.5, 0.6) is 5.75 Å². The van der Waals surface area contributed by atoms with E-state index in [-0.39, 0.29) is 25.0 Å². The van der Waals surface area contributed by atoms with Crippen molar-refractivity contribution in [1.82, 2.24) is 5.32 Å². The van der Waals surface area contributed by atoms with E-state index in [0.717, 1.165) is 19.1 Å². The molecular weight excluding hydrogens is 446 g/mol. The van der Waals surface area contributed by atoms with Gasteiger partial charge in [-0.15, -0.1) is 0 Å². The van der Waals surface area contributed by atoms with Gasteiger partial charge < -0.3 is 20.1 Å². The van der Waals surface area contributed by atoms with Crippen LogP contribution in [0.1, 0.15) is 29.6 Å². The lowest BCUT2D eigenvalue weighted by atomic mass is 10.1. The summed E-state index contributed by atoms with van der Waals surface area (Å²) in [5.74, 6) is -0.459. The van der Waals surface area contributed by atoms with Crippen molar-refractivity contribution in [2.75, 3.05) is 35.6 Å². The molecule has 2 aliphatic heterocycles. The van der Waals surface area contributed by atoms with Gasteiger partial charge in [-0.25, -0.2) is 8.42 Å². The Labute approximate surface area is 193 Å². The molecule has 0 spiro atoms.